The molecule has 0 aliphatic rings. The van der Waals surface area contributed by atoms with E-state index in [-0.39, 0.29) is 5.92 Å². The summed E-state index contributed by atoms with van der Waals surface area (Å²) in [5, 5.41) is 8.97. The second-order valence-corrected chi connectivity index (χ2v) is 3.90. The van der Waals surface area contributed by atoms with Crippen molar-refractivity contribution in [1.82, 2.24) is 0 Å². The molecule has 0 fully saturated rings. The van der Waals surface area contributed by atoms with Crippen LogP contribution in [0.2, 0.25) is 0 Å². The molecule has 0 aromatic heterocycles. The van der Waals surface area contributed by atoms with Crippen molar-refractivity contribution in [2.45, 2.75) is 20.3 Å². The summed E-state index contributed by atoms with van der Waals surface area (Å²) in [7, 11) is 0. The van der Waals surface area contributed by atoms with Gasteiger partial charge >= 0.3 is 0 Å². The largest absolute Gasteiger partial charge is 0.398 e. The van der Waals surface area contributed by atoms with Gasteiger partial charge in [-0.15, -0.1) is 0 Å². The highest BCUT2D eigenvalue weighted by atomic mass is 79.9. The Kier molecular flexibility index (Phi) is 5.85. The number of nitrogens with zero attached hydrogens (tertiary/aromatic N) is 1. The molecule has 0 aliphatic heterocycles. The van der Waals surface area contributed by atoms with Crippen LogP contribution in [0.1, 0.15) is 20.3 Å². The summed E-state index contributed by atoms with van der Waals surface area (Å²) in [5.41, 5.74) is 6.14. The van der Waals surface area contributed by atoms with Crippen LogP contribution in [-0.2, 0) is 0 Å². The molecule has 0 spiro atoms. The molecule has 0 amide bonds. The SMILES string of the molecule is C/C=C(N)\C(Cl)=C(\Br)C(C)CC#N. The van der Waals surface area contributed by atoms with Crippen molar-refractivity contribution in [3.8, 4) is 6.07 Å². The molecular formula is C9H12BrClN2. The molecule has 0 saturated heterocycles. The van der Waals surface area contributed by atoms with E-state index in [2.05, 4.69) is 22.0 Å². The zero-order chi connectivity index (χ0) is 10.4. The van der Waals surface area contributed by atoms with E-state index >= 15 is 0 Å². The van der Waals surface area contributed by atoms with Crippen LogP contribution in [0.5, 0.6) is 0 Å². The molecule has 2 nitrogen and oxygen atoms in total. The minimum absolute atomic E-state index is 0.0796. The molecule has 0 saturated carbocycles. The Morgan fingerprint density at radius 2 is 2.31 bits per heavy atom. The van der Waals surface area contributed by atoms with E-state index < -0.39 is 0 Å². The van der Waals surface area contributed by atoms with Gasteiger partial charge in [0.2, 0.25) is 0 Å². The summed E-state index contributed by atoms with van der Waals surface area (Å²) >= 11 is 9.27. The van der Waals surface area contributed by atoms with E-state index in [0.717, 1.165) is 4.48 Å². The monoisotopic (exact) mass is 262 g/mol. The first kappa shape index (κ1) is 12.5. The fourth-order valence-corrected chi connectivity index (χ4v) is 1.39. The van der Waals surface area contributed by atoms with Crippen LogP contribution in [-0.4, -0.2) is 0 Å². The third kappa shape index (κ3) is 3.84. The summed E-state index contributed by atoms with van der Waals surface area (Å²) in [6.07, 6.45) is 2.15. The van der Waals surface area contributed by atoms with Crippen molar-refractivity contribution in [2.75, 3.05) is 0 Å². The van der Waals surface area contributed by atoms with Crippen LogP contribution in [0, 0.1) is 17.2 Å². The summed E-state index contributed by atoms with van der Waals surface area (Å²) < 4.78 is 0.784. The first-order chi connectivity index (χ1) is 6.04. The standard InChI is InChI=1S/C9H12BrClN2/c1-3-7(13)9(11)8(10)6(2)4-5-12/h3,6H,4,13H2,1-2H3/b7-3+,9-8-. The Morgan fingerprint density at radius 1 is 1.77 bits per heavy atom. The Hall–Kier alpha value is -0.460. The molecule has 1 atom stereocenters. The summed E-state index contributed by atoms with van der Waals surface area (Å²) in [6.45, 7) is 3.73. The fraction of sp³-hybridized carbons (Fsp3) is 0.444. The van der Waals surface area contributed by atoms with E-state index in [9.17, 15) is 0 Å². The van der Waals surface area contributed by atoms with Gasteiger partial charge in [-0.1, -0.05) is 40.5 Å². The van der Waals surface area contributed by atoms with Gasteiger partial charge in [-0.05, 0) is 6.92 Å². The summed E-state index contributed by atoms with van der Waals surface area (Å²) in [6, 6.07) is 2.08. The molecule has 0 aliphatic carbocycles. The lowest BCUT2D eigenvalue weighted by Crippen LogP contribution is -2.02. The van der Waals surface area contributed by atoms with Crippen molar-refractivity contribution in [2.24, 2.45) is 11.7 Å². The van der Waals surface area contributed by atoms with Crippen LogP contribution < -0.4 is 5.73 Å². The zero-order valence-corrected chi connectivity index (χ0v) is 9.98. The molecule has 0 heterocycles. The lowest BCUT2D eigenvalue weighted by atomic mass is 10.1. The van der Waals surface area contributed by atoms with Gasteiger partial charge < -0.3 is 5.73 Å². The molecule has 13 heavy (non-hydrogen) atoms. The fourth-order valence-electron chi connectivity index (χ4n) is 0.707. The highest BCUT2D eigenvalue weighted by molar-refractivity contribution is 9.11. The molecule has 0 aromatic rings. The smallest absolute Gasteiger partial charge is 0.0736 e. The highest BCUT2D eigenvalue weighted by Crippen LogP contribution is 2.28. The van der Waals surface area contributed by atoms with Crippen LogP contribution in [0.25, 0.3) is 0 Å². The number of nitriles is 1. The molecule has 0 radical (unpaired) electrons. The Balaban J connectivity index is 4.72. The zero-order valence-electron chi connectivity index (χ0n) is 7.64. The van der Waals surface area contributed by atoms with Crippen molar-refractivity contribution in [1.29, 1.82) is 5.26 Å². The first-order valence-corrected chi connectivity index (χ1v) is 5.06. The average Bonchev–Trinajstić information content (AvgIpc) is 2.14. The van der Waals surface area contributed by atoms with E-state index in [4.69, 9.17) is 22.6 Å². The molecule has 0 aromatic carbocycles. The molecule has 0 rings (SSSR count). The topological polar surface area (TPSA) is 49.8 Å². The average molecular weight is 264 g/mol. The highest BCUT2D eigenvalue weighted by Gasteiger charge is 2.11. The van der Waals surface area contributed by atoms with Gasteiger partial charge in [0.05, 0.1) is 11.1 Å². The third-order valence-corrected chi connectivity index (χ3v) is 3.43. The predicted octanol–water partition coefficient (Wildman–Crippen LogP) is 3.24. The number of hydrogen-bond acceptors (Lipinski definition) is 2. The molecule has 4 heteroatoms. The Bertz CT molecular complexity index is 276. The molecular weight excluding hydrogens is 251 g/mol. The van der Waals surface area contributed by atoms with Crippen LogP contribution in [0.3, 0.4) is 0 Å². The van der Waals surface area contributed by atoms with Gasteiger partial charge in [-0.25, -0.2) is 0 Å². The van der Waals surface area contributed by atoms with Crippen molar-refractivity contribution >= 4 is 27.5 Å². The molecule has 0 bridgehead atoms. The number of hydrogen-bond donors (Lipinski definition) is 1. The van der Waals surface area contributed by atoms with E-state index in [1.54, 1.807) is 6.08 Å². The quantitative estimate of drug-likeness (QED) is 0.795. The van der Waals surface area contributed by atoms with E-state index in [1.165, 1.54) is 0 Å². The van der Waals surface area contributed by atoms with Gasteiger partial charge in [0.1, 0.15) is 0 Å². The maximum atomic E-state index is 8.48. The Morgan fingerprint density at radius 3 is 2.69 bits per heavy atom. The minimum atomic E-state index is 0.0796. The predicted molar refractivity (Wildman–Crippen MR) is 59.1 cm³/mol. The number of allylic oxidation sites excluding steroid dienone is 3. The van der Waals surface area contributed by atoms with Crippen LogP contribution >= 0.6 is 27.5 Å². The normalized spacial score (nSPS) is 16.1. The summed E-state index contributed by atoms with van der Waals surface area (Å²) in [5.74, 6) is 0.0796. The summed E-state index contributed by atoms with van der Waals surface area (Å²) in [4.78, 5) is 0. The van der Waals surface area contributed by atoms with Crippen molar-refractivity contribution in [3.63, 3.8) is 0 Å². The van der Waals surface area contributed by atoms with Crippen molar-refractivity contribution < 1.29 is 0 Å². The van der Waals surface area contributed by atoms with Gasteiger partial charge in [0.15, 0.2) is 0 Å². The molecule has 1 unspecified atom stereocenters. The maximum absolute atomic E-state index is 8.48. The molecule has 2 N–H and O–H groups in total. The maximum Gasteiger partial charge on any atom is 0.0736 e. The first-order valence-electron chi connectivity index (χ1n) is 3.88. The lowest BCUT2D eigenvalue weighted by molar-refractivity contribution is 0.741. The van der Waals surface area contributed by atoms with Gasteiger partial charge in [0, 0.05) is 22.5 Å². The Labute approximate surface area is 92.2 Å². The van der Waals surface area contributed by atoms with Crippen LogP contribution in [0.4, 0.5) is 0 Å². The van der Waals surface area contributed by atoms with E-state index in [0.29, 0.717) is 17.2 Å². The van der Waals surface area contributed by atoms with E-state index in [1.807, 2.05) is 13.8 Å². The second-order valence-electron chi connectivity index (χ2n) is 2.67. The lowest BCUT2D eigenvalue weighted by Gasteiger charge is -2.09. The second kappa shape index (κ2) is 6.06. The van der Waals surface area contributed by atoms with Gasteiger partial charge in [-0.2, -0.15) is 5.26 Å². The third-order valence-electron chi connectivity index (χ3n) is 1.60. The van der Waals surface area contributed by atoms with Crippen molar-refractivity contribution in [3.05, 3.63) is 21.3 Å². The number of nitrogens with two attached hydrogens (primary N) is 1. The molecule has 72 valence electrons. The van der Waals surface area contributed by atoms with Crippen LogP contribution in [0.15, 0.2) is 21.3 Å². The van der Waals surface area contributed by atoms with Gasteiger partial charge in [0.25, 0.3) is 0 Å². The number of rotatable bonds is 3. The minimum Gasteiger partial charge on any atom is -0.398 e. The number of halogens is 2. The van der Waals surface area contributed by atoms with Gasteiger partial charge in [-0.3, -0.25) is 0 Å².